The monoisotopic (exact) mass is 118 g/mol. The number of hydrogen-bond donors (Lipinski definition) is 0. The largest absolute Gasteiger partial charge is 2.00 e. The van der Waals surface area contributed by atoms with Crippen LogP contribution in [-0.4, -0.2) is 0 Å². The van der Waals surface area contributed by atoms with E-state index in [9.17, 15) is 0 Å². The maximum Gasteiger partial charge on any atom is 1.00 e. The summed E-state index contributed by atoms with van der Waals surface area (Å²) in [6, 6.07) is 0. The molecule has 0 radical (unpaired) electrons. The molecule has 0 fully saturated rings. The van der Waals surface area contributed by atoms with Crippen LogP contribution >= 0.6 is 0 Å². The molecular formula is ArNa2S. The topological polar surface area (TPSA) is 0 Å². The van der Waals surface area contributed by atoms with Crippen LogP contribution in [0.1, 0.15) is 0 Å². The molecule has 0 spiro atoms. The van der Waals surface area contributed by atoms with Crippen molar-refractivity contribution in [2.45, 2.75) is 0 Å². The van der Waals surface area contributed by atoms with E-state index < -0.39 is 0 Å². The summed E-state index contributed by atoms with van der Waals surface area (Å²) >= 11 is 0. The summed E-state index contributed by atoms with van der Waals surface area (Å²) in [6.07, 6.45) is 0. The van der Waals surface area contributed by atoms with Gasteiger partial charge in [0.15, 0.2) is 0 Å². The molecule has 0 aliphatic heterocycles. The molecule has 0 bridgehead atoms. The molecular weight excluding hydrogens is 118 g/mol. The van der Waals surface area contributed by atoms with E-state index in [0.29, 0.717) is 0 Å². The van der Waals surface area contributed by atoms with Crippen LogP contribution < -0.4 is 59.1 Å². The van der Waals surface area contributed by atoms with Crippen molar-refractivity contribution >= 4 is 13.5 Å². The fourth-order valence-electron chi connectivity index (χ4n) is 0. The summed E-state index contributed by atoms with van der Waals surface area (Å²) in [5.41, 5.74) is 0. The van der Waals surface area contributed by atoms with Crippen LogP contribution in [0, 0.1) is 37.7 Å². The van der Waals surface area contributed by atoms with Crippen LogP contribution in [0.2, 0.25) is 0 Å². The third kappa shape index (κ3) is 9.15. The van der Waals surface area contributed by atoms with E-state index >= 15 is 0 Å². The second-order valence-electron chi connectivity index (χ2n) is 0. The minimum atomic E-state index is 0. The number of hydrogen-bond acceptors (Lipinski definition) is 0. The molecule has 0 rings (SSSR count). The van der Waals surface area contributed by atoms with Gasteiger partial charge in [-0.1, -0.05) is 0 Å². The fraction of sp³-hybridized carbons (Fsp3) is 0. The van der Waals surface area contributed by atoms with Crippen molar-refractivity contribution in [1.29, 1.82) is 0 Å². The minimum Gasteiger partial charge on any atom is -2.00 e. The molecule has 4 heteroatoms. The van der Waals surface area contributed by atoms with Gasteiger partial charge in [-0.2, -0.15) is 0 Å². The van der Waals surface area contributed by atoms with Crippen LogP contribution in [-0.2, 0) is 13.5 Å². The molecule has 0 aromatic heterocycles. The standard InChI is InChI=1S/Ar.2Na.S/q;2*+1;-2. The van der Waals surface area contributed by atoms with Crippen molar-refractivity contribution in [3.63, 3.8) is 0 Å². The van der Waals surface area contributed by atoms with Gasteiger partial charge < -0.3 is 13.5 Å². The van der Waals surface area contributed by atoms with Gasteiger partial charge >= 0.3 is 59.1 Å². The first-order valence-corrected chi connectivity index (χ1v) is 0. The van der Waals surface area contributed by atoms with E-state index in [-0.39, 0.29) is 110 Å². The Bertz CT molecular complexity index is 6.00. The van der Waals surface area contributed by atoms with E-state index in [2.05, 4.69) is 0 Å². The van der Waals surface area contributed by atoms with Crippen LogP contribution in [0.3, 0.4) is 0 Å². The summed E-state index contributed by atoms with van der Waals surface area (Å²) < 4.78 is 0. The van der Waals surface area contributed by atoms with Crippen molar-refractivity contribution in [1.82, 2.24) is 0 Å². The van der Waals surface area contributed by atoms with Gasteiger partial charge in [0, 0.05) is 37.7 Å². The Kier molecular flexibility index (Phi) is 102. The van der Waals surface area contributed by atoms with E-state index in [1.165, 1.54) is 0 Å². The molecule has 0 saturated heterocycles. The average Bonchev–Trinajstić information content (AvgIpc) is 0. The van der Waals surface area contributed by atoms with Crippen LogP contribution in [0.15, 0.2) is 0 Å². The predicted octanol–water partition coefficient (Wildman–Crippen LogP) is -5.99. The van der Waals surface area contributed by atoms with E-state index in [4.69, 9.17) is 0 Å². The quantitative estimate of drug-likeness (QED) is 0.278. The predicted molar refractivity (Wildman–Crippen MR) is 7.37 cm³/mol. The van der Waals surface area contributed by atoms with Gasteiger partial charge in [0.05, 0.1) is 0 Å². The van der Waals surface area contributed by atoms with Crippen LogP contribution in [0.25, 0.3) is 0 Å². The molecule has 16 valence electrons. The van der Waals surface area contributed by atoms with Gasteiger partial charge in [-0.05, 0) is 0 Å². The Balaban J connectivity index is 0. The van der Waals surface area contributed by atoms with Crippen molar-refractivity contribution in [2.75, 3.05) is 0 Å². The van der Waals surface area contributed by atoms with Gasteiger partial charge in [0.2, 0.25) is 0 Å². The third-order valence-corrected chi connectivity index (χ3v) is 0. The first kappa shape index (κ1) is 25.5. The minimum absolute atomic E-state index is 0. The van der Waals surface area contributed by atoms with Crippen LogP contribution in [0.4, 0.5) is 0 Å². The van der Waals surface area contributed by atoms with Crippen molar-refractivity contribution < 1.29 is 96.9 Å². The van der Waals surface area contributed by atoms with Gasteiger partial charge in [-0.15, -0.1) is 0 Å². The Morgan fingerprint density at radius 1 is 0.750 bits per heavy atom. The van der Waals surface area contributed by atoms with E-state index in [0.717, 1.165) is 0 Å². The smallest absolute Gasteiger partial charge is 1.00 e. The zero-order valence-electron chi connectivity index (χ0n) is 2.76. The normalized spacial score (nSPS) is 0. The summed E-state index contributed by atoms with van der Waals surface area (Å²) in [5, 5.41) is 0. The molecule has 0 aliphatic rings. The molecule has 0 saturated carbocycles. The van der Waals surface area contributed by atoms with Crippen molar-refractivity contribution in [3.05, 3.63) is 0 Å². The molecule has 0 N–H and O–H groups in total. The Morgan fingerprint density at radius 2 is 0.750 bits per heavy atom. The Morgan fingerprint density at radius 3 is 0.750 bits per heavy atom. The maximum absolute atomic E-state index is 0. The second-order valence-corrected chi connectivity index (χ2v) is 0. The van der Waals surface area contributed by atoms with Crippen molar-refractivity contribution in [3.8, 4) is 0 Å². The van der Waals surface area contributed by atoms with Gasteiger partial charge in [-0.3, -0.25) is 0 Å². The maximum atomic E-state index is 0. The van der Waals surface area contributed by atoms with Crippen molar-refractivity contribution in [2.24, 2.45) is 0 Å². The Hall–Kier alpha value is 3.61. The summed E-state index contributed by atoms with van der Waals surface area (Å²) in [6.45, 7) is 0. The van der Waals surface area contributed by atoms with E-state index in [1.54, 1.807) is 0 Å². The molecule has 0 amide bonds. The first-order valence-electron chi connectivity index (χ1n) is 0. The molecule has 0 unspecified atom stereocenters. The van der Waals surface area contributed by atoms with Gasteiger partial charge in [-0.25, -0.2) is 0 Å². The molecule has 0 nitrogen and oxygen atoms in total. The second kappa shape index (κ2) is 16.0. The van der Waals surface area contributed by atoms with Gasteiger partial charge in [0.1, 0.15) is 0 Å². The Labute approximate surface area is 108 Å². The summed E-state index contributed by atoms with van der Waals surface area (Å²) in [7, 11) is 0. The third-order valence-electron chi connectivity index (χ3n) is 0. The van der Waals surface area contributed by atoms with E-state index in [1.807, 2.05) is 0 Å². The summed E-state index contributed by atoms with van der Waals surface area (Å²) in [4.78, 5) is 0. The van der Waals surface area contributed by atoms with Crippen LogP contribution in [0.5, 0.6) is 0 Å². The molecule has 4 heavy (non-hydrogen) atoms. The first-order chi connectivity index (χ1) is 0. The zero-order chi connectivity index (χ0) is 0. The summed E-state index contributed by atoms with van der Waals surface area (Å²) in [5.74, 6) is 0. The molecule has 0 aromatic carbocycles. The molecule has 0 aromatic rings. The van der Waals surface area contributed by atoms with Gasteiger partial charge in [0.25, 0.3) is 0 Å². The number of rotatable bonds is 0. The molecule has 0 aliphatic carbocycles. The fourth-order valence-corrected chi connectivity index (χ4v) is 0. The SMILES string of the molecule is [Ar].[Na+].[Na+].[S-2]. The average molecular weight is 118 g/mol. The molecule has 0 heterocycles. The molecule has 0 atom stereocenters. The zero-order valence-corrected chi connectivity index (χ0v) is 8.29.